The molecular formula is C17H30N4. The number of nitrogens with one attached hydrogen (secondary N) is 1. The molecule has 4 nitrogen and oxygen atoms in total. The quantitative estimate of drug-likeness (QED) is 0.613. The molecule has 0 aromatic carbocycles. The van der Waals surface area contributed by atoms with Gasteiger partial charge in [0.15, 0.2) is 0 Å². The maximum Gasteiger partial charge on any atom is 0.143 e. The molecule has 0 radical (unpaired) electrons. The largest absolute Gasteiger partial charge is 0.308 e. The monoisotopic (exact) mass is 290 g/mol. The van der Waals surface area contributed by atoms with E-state index in [4.69, 9.17) is 10.8 Å². The van der Waals surface area contributed by atoms with Crippen LogP contribution in [0.2, 0.25) is 0 Å². The zero-order valence-electron chi connectivity index (χ0n) is 13.7. The molecule has 118 valence electrons. The summed E-state index contributed by atoms with van der Waals surface area (Å²) < 4.78 is 0. The maximum absolute atomic E-state index is 5.57. The third-order valence-electron chi connectivity index (χ3n) is 4.47. The zero-order chi connectivity index (χ0) is 15.2. The van der Waals surface area contributed by atoms with Gasteiger partial charge in [-0.1, -0.05) is 33.6 Å². The lowest BCUT2D eigenvalue weighted by atomic mass is 9.79. The molecule has 1 aliphatic carbocycles. The highest BCUT2D eigenvalue weighted by Crippen LogP contribution is 2.36. The Morgan fingerprint density at radius 2 is 1.95 bits per heavy atom. The zero-order valence-corrected chi connectivity index (χ0v) is 13.7. The van der Waals surface area contributed by atoms with Crippen molar-refractivity contribution in [2.75, 3.05) is 5.43 Å². The van der Waals surface area contributed by atoms with E-state index in [9.17, 15) is 0 Å². The van der Waals surface area contributed by atoms with Gasteiger partial charge in [-0.05, 0) is 43.9 Å². The summed E-state index contributed by atoms with van der Waals surface area (Å²) in [4.78, 5) is 9.42. The van der Waals surface area contributed by atoms with Crippen LogP contribution in [-0.2, 0) is 6.42 Å². The minimum absolute atomic E-state index is 0.511. The second-order valence-electron chi connectivity index (χ2n) is 6.85. The predicted octanol–water partition coefficient (Wildman–Crippen LogP) is 4.03. The molecule has 0 saturated heterocycles. The van der Waals surface area contributed by atoms with Crippen molar-refractivity contribution in [1.29, 1.82) is 0 Å². The first-order valence-corrected chi connectivity index (χ1v) is 8.46. The van der Waals surface area contributed by atoms with Gasteiger partial charge >= 0.3 is 0 Å². The molecule has 0 amide bonds. The first-order chi connectivity index (χ1) is 10.1. The molecule has 3 N–H and O–H groups in total. The summed E-state index contributed by atoms with van der Waals surface area (Å²) >= 11 is 0. The van der Waals surface area contributed by atoms with E-state index in [-0.39, 0.29) is 0 Å². The van der Waals surface area contributed by atoms with Crippen molar-refractivity contribution in [2.45, 2.75) is 71.6 Å². The summed E-state index contributed by atoms with van der Waals surface area (Å²) in [5.41, 5.74) is 3.81. The molecule has 1 saturated carbocycles. The average molecular weight is 290 g/mol. The van der Waals surface area contributed by atoms with Gasteiger partial charge in [-0.2, -0.15) is 0 Å². The minimum atomic E-state index is 0.511. The van der Waals surface area contributed by atoms with Gasteiger partial charge in [0.05, 0.1) is 0 Å². The number of rotatable bonds is 6. The number of nitrogens with two attached hydrogens (primary N) is 1. The predicted molar refractivity (Wildman–Crippen MR) is 88.0 cm³/mol. The summed E-state index contributed by atoms with van der Waals surface area (Å²) in [6.07, 6.45) is 8.74. The van der Waals surface area contributed by atoms with Crippen molar-refractivity contribution in [3.8, 4) is 0 Å². The van der Waals surface area contributed by atoms with Gasteiger partial charge in [0.25, 0.3) is 0 Å². The van der Waals surface area contributed by atoms with Crippen LogP contribution in [0.5, 0.6) is 0 Å². The van der Waals surface area contributed by atoms with E-state index in [1.54, 1.807) is 0 Å². The molecule has 4 heteroatoms. The van der Waals surface area contributed by atoms with Gasteiger partial charge < -0.3 is 5.43 Å². The molecule has 0 unspecified atom stereocenters. The topological polar surface area (TPSA) is 63.8 Å². The SMILES string of the molecule is CCCC1CCC(c2nc(CC(C)C)cc(NN)n2)CC1. The van der Waals surface area contributed by atoms with E-state index in [0.717, 1.165) is 29.7 Å². The van der Waals surface area contributed by atoms with Crippen molar-refractivity contribution >= 4 is 5.82 Å². The summed E-state index contributed by atoms with van der Waals surface area (Å²) in [5.74, 6) is 9.34. The smallest absolute Gasteiger partial charge is 0.143 e. The molecule has 1 heterocycles. The molecule has 0 aliphatic heterocycles. The Bertz CT molecular complexity index is 436. The highest BCUT2D eigenvalue weighted by atomic mass is 15.3. The van der Waals surface area contributed by atoms with Gasteiger partial charge in [0.1, 0.15) is 11.6 Å². The average Bonchev–Trinajstić information content (AvgIpc) is 2.47. The fraction of sp³-hybridized carbons (Fsp3) is 0.765. The standard InChI is InChI=1S/C17H30N4/c1-4-5-13-6-8-14(9-7-13)17-19-15(10-12(2)3)11-16(20-17)21-18/h11-14H,4-10,18H2,1-3H3,(H,19,20,21). The second kappa shape index (κ2) is 7.74. The highest BCUT2D eigenvalue weighted by molar-refractivity contribution is 5.35. The summed E-state index contributed by atoms with van der Waals surface area (Å²) in [6.45, 7) is 6.71. The third kappa shape index (κ3) is 4.67. The molecule has 2 rings (SSSR count). The molecule has 0 bridgehead atoms. The molecule has 1 aromatic heterocycles. The Balaban J connectivity index is 2.08. The van der Waals surface area contributed by atoms with Crippen LogP contribution in [0, 0.1) is 11.8 Å². The van der Waals surface area contributed by atoms with E-state index in [1.807, 2.05) is 6.07 Å². The lowest BCUT2D eigenvalue weighted by Crippen LogP contribution is -2.18. The fourth-order valence-corrected chi connectivity index (χ4v) is 3.41. The van der Waals surface area contributed by atoms with Crippen molar-refractivity contribution in [2.24, 2.45) is 17.7 Å². The van der Waals surface area contributed by atoms with Crippen molar-refractivity contribution < 1.29 is 0 Å². The van der Waals surface area contributed by atoms with Crippen LogP contribution < -0.4 is 11.3 Å². The molecule has 1 fully saturated rings. The lowest BCUT2D eigenvalue weighted by molar-refractivity contribution is 0.302. The van der Waals surface area contributed by atoms with Gasteiger partial charge in [-0.15, -0.1) is 0 Å². The second-order valence-corrected chi connectivity index (χ2v) is 6.85. The van der Waals surface area contributed by atoms with Gasteiger partial charge in [0.2, 0.25) is 0 Å². The van der Waals surface area contributed by atoms with Gasteiger partial charge in [-0.25, -0.2) is 15.8 Å². The van der Waals surface area contributed by atoms with Crippen molar-refractivity contribution in [3.05, 3.63) is 17.6 Å². The number of nitrogen functional groups attached to an aromatic ring is 1. The van der Waals surface area contributed by atoms with E-state index < -0.39 is 0 Å². The van der Waals surface area contributed by atoms with Gasteiger partial charge in [0, 0.05) is 17.7 Å². The summed E-state index contributed by atoms with van der Waals surface area (Å²) in [7, 11) is 0. The van der Waals surface area contributed by atoms with Crippen LogP contribution in [0.15, 0.2) is 6.07 Å². The Morgan fingerprint density at radius 3 is 2.52 bits per heavy atom. The Morgan fingerprint density at radius 1 is 1.24 bits per heavy atom. The van der Waals surface area contributed by atoms with E-state index >= 15 is 0 Å². The van der Waals surface area contributed by atoms with Crippen LogP contribution in [0.25, 0.3) is 0 Å². The van der Waals surface area contributed by atoms with Crippen LogP contribution in [-0.4, -0.2) is 9.97 Å². The number of aromatic nitrogens is 2. The number of nitrogens with zero attached hydrogens (tertiary/aromatic N) is 2. The molecule has 21 heavy (non-hydrogen) atoms. The third-order valence-corrected chi connectivity index (χ3v) is 4.47. The lowest BCUT2D eigenvalue weighted by Gasteiger charge is -2.27. The van der Waals surface area contributed by atoms with E-state index in [0.29, 0.717) is 11.8 Å². The summed E-state index contributed by atoms with van der Waals surface area (Å²) in [5, 5.41) is 0. The first-order valence-electron chi connectivity index (χ1n) is 8.46. The number of hydrogen-bond donors (Lipinski definition) is 2. The Kier molecular flexibility index (Phi) is 5.97. The van der Waals surface area contributed by atoms with Gasteiger partial charge in [-0.3, -0.25) is 0 Å². The highest BCUT2D eigenvalue weighted by Gasteiger charge is 2.24. The number of hydrazine groups is 1. The summed E-state index contributed by atoms with van der Waals surface area (Å²) in [6, 6.07) is 1.98. The molecule has 0 spiro atoms. The minimum Gasteiger partial charge on any atom is -0.308 e. The molecular weight excluding hydrogens is 260 g/mol. The van der Waals surface area contributed by atoms with Crippen LogP contribution in [0.3, 0.4) is 0 Å². The Labute approximate surface area is 128 Å². The maximum atomic E-state index is 5.57. The number of hydrogen-bond acceptors (Lipinski definition) is 4. The Hall–Kier alpha value is -1.16. The van der Waals surface area contributed by atoms with Crippen LogP contribution in [0.1, 0.15) is 76.7 Å². The normalized spacial score (nSPS) is 22.5. The van der Waals surface area contributed by atoms with Crippen LogP contribution in [0.4, 0.5) is 5.82 Å². The molecule has 1 aliphatic rings. The number of anilines is 1. The fourth-order valence-electron chi connectivity index (χ4n) is 3.41. The van der Waals surface area contributed by atoms with Crippen molar-refractivity contribution in [1.82, 2.24) is 9.97 Å². The van der Waals surface area contributed by atoms with Crippen LogP contribution >= 0.6 is 0 Å². The van der Waals surface area contributed by atoms with E-state index in [1.165, 1.54) is 38.5 Å². The molecule has 1 aromatic rings. The molecule has 0 atom stereocenters. The van der Waals surface area contributed by atoms with Crippen molar-refractivity contribution in [3.63, 3.8) is 0 Å². The first kappa shape index (κ1) is 16.2. The van der Waals surface area contributed by atoms with E-state index in [2.05, 4.69) is 31.2 Å².